The summed E-state index contributed by atoms with van der Waals surface area (Å²) in [5.41, 5.74) is 1.63. The van der Waals surface area contributed by atoms with E-state index in [-0.39, 0.29) is 24.3 Å². The molecular formula is C26H20BrNO4S. The van der Waals surface area contributed by atoms with Gasteiger partial charge in [0.25, 0.3) is 11.1 Å². The second-order valence-electron chi connectivity index (χ2n) is 7.16. The maximum Gasteiger partial charge on any atom is 0.293 e. The van der Waals surface area contributed by atoms with Crippen molar-refractivity contribution in [2.45, 2.75) is 13.5 Å². The number of carbonyl (C=O) groups is 2. The smallest absolute Gasteiger partial charge is 0.293 e. The molecule has 0 aliphatic carbocycles. The van der Waals surface area contributed by atoms with Crippen LogP contribution in [0.25, 0.3) is 16.8 Å². The van der Waals surface area contributed by atoms with Gasteiger partial charge in [-0.15, -0.1) is 6.42 Å². The molecule has 3 aromatic carbocycles. The Morgan fingerprint density at radius 2 is 1.91 bits per heavy atom. The number of ether oxygens (including phenoxy) is 2. The Kier molecular flexibility index (Phi) is 7.07. The molecule has 1 fully saturated rings. The van der Waals surface area contributed by atoms with Crippen LogP contribution in [0.4, 0.5) is 4.79 Å². The standard InChI is InChI=1S/C26H20BrNO4S/c1-3-12-32-24-21(27)13-17(14-22(24)31-4-2)15-23-25(29)28(26(30)33-23)16-19-10-7-9-18-8-5-6-11-20(18)19/h1,5-11,13-15H,4,12,16H2,2H3/b23-15+. The van der Waals surface area contributed by atoms with Crippen LogP contribution in [0, 0.1) is 12.3 Å². The topological polar surface area (TPSA) is 55.8 Å². The van der Waals surface area contributed by atoms with Crippen LogP contribution >= 0.6 is 27.7 Å². The summed E-state index contributed by atoms with van der Waals surface area (Å²) < 4.78 is 11.9. The predicted molar refractivity (Wildman–Crippen MR) is 135 cm³/mol. The first-order valence-corrected chi connectivity index (χ1v) is 11.9. The molecule has 1 saturated heterocycles. The minimum atomic E-state index is -0.320. The number of imide groups is 1. The van der Waals surface area contributed by atoms with Gasteiger partial charge in [-0.3, -0.25) is 14.5 Å². The first-order chi connectivity index (χ1) is 16.0. The summed E-state index contributed by atoms with van der Waals surface area (Å²) in [6.07, 6.45) is 6.99. The fraction of sp³-hybridized carbons (Fsp3) is 0.154. The summed E-state index contributed by atoms with van der Waals surface area (Å²) in [6, 6.07) is 17.4. The predicted octanol–water partition coefficient (Wildman–Crippen LogP) is 6.25. The SMILES string of the molecule is C#CCOc1c(Br)cc(/C=C2/SC(=O)N(Cc3cccc4ccccc34)C2=O)cc1OCC. The lowest BCUT2D eigenvalue weighted by molar-refractivity contribution is -0.123. The number of nitrogens with zero attached hydrogens (tertiary/aromatic N) is 1. The van der Waals surface area contributed by atoms with Crippen molar-refractivity contribution in [2.75, 3.05) is 13.2 Å². The van der Waals surface area contributed by atoms with Gasteiger partial charge in [0, 0.05) is 0 Å². The van der Waals surface area contributed by atoms with E-state index in [0.717, 1.165) is 28.1 Å². The third-order valence-electron chi connectivity index (χ3n) is 5.01. The van der Waals surface area contributed by atoms with Gasteiger partial charge in [0.05, 0.1) is 22.5 Å². The third kappa shape index (κ3) is 4.92. The van der Waals surface area contributed by atoms with Crippen molar-refractivity contribution in [3.63, 3.8) is 0 Å². The van der Waals surface area contributed by atoms with E-state index >= 15 is 0 Å². The van der Waals surface area contributed by atoms with E-state index in [4.69, 9.17) is 15.9 Å². The summed E-state index contributed by atoms with van der Waals surface area (Å²) in [7, 11) is 0. The normalized spacial score (nSPS) is 14.7. The van der Waals surface area contributed by atoms with Gasteiger partial charge >= 0.3 is 0 Å². The molecule has 3 aromatic rings. The van der Waals surface area contributed by atoms with Crippen LogP contribution in [0.3, 0.4) is 0 Å². The molecule has 2 amide bonds. The number of terminal acetylenes is 1. The van der Waals surface area contributed by atoms with Gasteiger partial charge in [-0.25, -0.2) is 0 Å². The van der Waals surface area contributed by atoms with Gasteiger partial charge in [-0.2, -0.15) is 0 Å². The van der Waals surface area contributed by atoms with Crippen molar-refractivity contribution in [1.29, 1.82) is 0 Å². The van der Waals surface area contributed by atoms with E-state index in [1.807, 2.05) is 49.4 Å². The van der Waals surface area contributed by atoms with E-state index < -0.39 is 0 Å². The molecule has 0 aromatic heterocycles. The Bertz CT molecular complexity index is 1310. The van der Waals surface area contributed by atoms with Gasteiger partial charge in [0.2, 0.25) is 0 Å². The van der Waals surface area contributed by atoms with E-state index in [0.29, 0.717) is 33.0 Å². The zero-order chi connectivity index (χ0) is 23.4. The average molecular weight is 522 g/mol. The fourth-order valence-corrected chi connectivity index (χ4v) is 4.99. The van der Waals surface area contributed by atoms with Crippen LogP contribution in [-0.2, 0) is 11.3 Å². The Labute approximate surface area is 204 Å². The average Bonchev–Trinajstić information content (AvgIpc) is 3.06. The summed E-state index contributed by atoms with van der Waals surface area (Å²) in [6.45, 7) is 2.62. The maximum atomic E-state index is 13.1. The molecule has 166 valence electrons. The molecule has 4 rings (SSSR count). The second kappa shape index (κ2) is 10.2. The Hall–Kier alpha value is -3.21. The molecule has 0 bridgehead atoms. The van der Waals surface area contributed by atoms with Gasteiger partial charge < -0.3 is 9.47 Å². The molecule has 0 N–H and O–H groups in total. The molecule has 0 atom stereocenters. The maximum absolute atomic E-state index is 13.1. The summed E-state index contributed by atoms with van der Waals surface area (Å²) in [4.78, 5) is 27.4. The highest BCUT2D eigenvalue weighted by Gasteiger charge is 2.35. The summed E-state index contributed by atoms with van der Waals surface area (Å²) in [5.74, 6) is 3.11. The Morgan fingerprint density at radius 3 is 2.70 bits per heavy atom. The number of hydrogen-bond acceptors (Lipinski definition) is 5. The number of fused-ring (bicyclic) bond motifs is 1. The van der Waals surface area contributed by atoms with E-state index in [9.17, 15) is 9.59 Å². The molecule has 7 heteroatoms. The number of thioether (sulfide) groups is 1. The van der Waals surface area contributed by atoms with Crippen molar-refractivity contribution >= 4 is 55.7 Å². The monoisotopic (exact) mass is 521 g/mol. The summed E-state index contributed by atoms with van der Waals surface area (Å²) >= 11 is 4.41. The molecule has 1 aliphatic heterocycles. The van der Waals surface area contributed by atoms with E-state index in [2.05, 4.69) is 21.9 Å². The van der Waals surface area contributed by atoms with Crippen molar-refractivity contribution in [2.24, 2.45) is 0 Å². The minimum Gasteiger partial charge on any atom is -0.490 e. The lowest BCUT2D eigenvalue weighted by atomic mass is 10.0. The first-order valence-electron chi connectivity index (χ1n) is 10.3. The van der Waals surface area contributed by atoms with Gasteiger partial charge in [0.1, 0.15) is 6.61 Å². The summed E-state index contributed by atoms with van der Waals surface area (Å²) in [5, 5.41) is 1.80. The molecule has 0 radical (unpaired) electrons. The Morgan fingerprint density at radius 1 is 1.12 bits per heavy atom. The number of benzene rings is 3. The third-order valence-corrected chi connectivity index (χ3v) is 6.51. The molecule has 0 spiro atoms. The number of amides is 2. The van der Waals surface area contributed by atoms with Crippen LogP contribution < -0.4 is 9.47 Å². The van der Waals surface area contributed by atoms with Crippen LogP contribution in [0.1, 0.15) is 18.1 Å². The zero-order valence-corrected chi connectivity index (χ0v) is 20.2. The highest BCUT2D eigenvalue weighted by molar-refractivity contribution is 9.10. The van der Waals surface area contributed by atoms with Crippen molar-refractivity contribution in [3.8, 4) is 23.8 Å². The van der Waals surface area contributed by atoms with Crippen molar-refractivity contribution < 1.29 is 19.1 Å². The highest BCUT2D eigenvalue weighted by Crippen LogP contribution is 2.39. The largest absolute Gasteiger partial charge is 0.490 e. The van der Waals surface area contributed by atoms with Gasteiger partial charge in [-0.05, 0) is 74.7 Å². The quantitative estimate of drug-likeness (QED) is 0.271. The number of carbonyl (C=O) groups excluding carboxylic acids is 2. The number of halogens is 1. The minimum absolute atomic E-state index is 0.102. The molecule has 0 unspecified atom stereocenters. The second-order valence-corrected chi connectivity index (χ2v) is 9.01. The Balaban J connectivity index is 1.62. The lowest BCUT2D eigenvalue weighted by Crippen LogP contribution is -2.27. The van der Waals surface area contributed by atoms with Gasteiger partial charge in [-0.1, -0.05) is 48.4 Å². The van der Waals surface area contributed by atoms with Crippen molar-refractivity contribution in [3.05, 3.63) is 75.1 Å². The van der Waals surface area contributed by atoms with Crippen LogP contribution in [0.15, 0.2) is 64.0 Å². The zero-order valence-electron chi connectivity index (χ0n) is 17.8. The van der Waals surface area contributed by atoms with Crippen LogP contribution in [-0.4, -0.2) is 29.3 Å². The van der Waals surface area contributed by atoms with Crippen LogP contribution in [0.5, 0.6) is 11.5 Å². The molecule has 33 heavy (non-hydrogen) atoms. The lowest BCUT2D eigenvalue weighted by Gasteiger charge is -2.14. The van der Waals surface area contributed by atoms with Crippen LogP contribution in [0.2, 0.25) is 0 Å². The molecule has 0 saturated carbocycles. The first kappa shape index (κ1) is 23.0. The number of rotatable bonds is 7. The van der Waals surface area contributed by atoms with Gasteiger partial charge in [0.15, 0.2) is 11.5 Å². The molecule has 1 heterocycles. The molecule has 5 nitrogen and oxygen atoms in total. The highest BCUT2D eigenvalue weighted by atomic mass is 79.9. The van der Waals surface area contributed by atoms with E-state index in [1.165, 1.54) is 4.90 Å². The number of hydrogen-bond donors (Lipinski definition) is 0. The van der Waals surface area contributed by atoms with E-state index in [1.54, 1.807) is 18.2 Å². The van der Waals surface area contributed by atoms with Crippen molar-refractivity contribution in [1.82, 2.24) is 4.90 Å². The molecular weight excluding hydrogens is 502 g/mol. The fourth-order valence-electron chi connectivity index (χ4n) is 3.58. The molecule has 1 aliphatic rings.